The van der Waals surface area contributed by atoms with E-state index in [9.17, 15) is 9.18 Å². The molecule has 0 bridgehead atoms. The van der Waals surface area contributed by atoms with Crippen molar-refractivity contribution in [2.24, 2.45) is 0 Å². The number of benzene rings is 2. The molecule has 33 heavy (non-hydrogen) atoms. The molecule has 0 aliphatic carbocycles. The molecule has 0 unspecified atom stereocenters. The molecule has 1 saturated heterocycles. The predicted molar refractivity (Wildman–Crippen MR) is 123 cm³/mol. The predicted octanol–water partition coefficient (Wildman–Crippen LogP) is 3.51. The summed E-state index contributed by atoms with van der Waals surface area (Å²) in [5.41, 5.74) is 5.14. The molecule has 1 fully saturated rings. The lowest BCUT2D eigenvalue weighted by molar-refractivity contribution is 0.0620. The number of piperazine rings is 1. The standard InChI is InChI=1S/C25H25FN6O/c1-17-22(20-8-10-21(26)11-9-20)24-28-27-23(18(2)32(24)29-17)25(33)31-14-12-30(13-15-31)16-19-6-4-3-5-7-19/h3-11H,12-16H2,1-2H3. The SMILES string of the molecule is Cc1nn2c(C)c(C(=O)N3CCN(Cc4ccccc4)CC3)nnc2c1-c1ccc(F)cc1. The molecule has 0 saturated carbocycles. The van der Waals surface area contributed by atoms with E-state index in [0.717, 1.165) is 36.5 Å². The Labute approximate surface area is 191 Å². The second-order valence-electron chi connectivity index (χ2n) is 8.39. The zero-order valence-corrected chi connectivity index (χ0v) is 18.7. The van der Waals surface area contributed by atoms with Gasteiger partial charge in [-0.2, -0.15) is 5.10 Å². The Morgan fingerprint density at radius 3 is 2.33 bits per heavy atom. The normalized spacial score (nSPS) is 14.7. The van der Waals surface area contributed by atoms with Crippen LogP contribution < -0.4 is 0 Å². The maximum absolute atomic E-state index is 13.4. The second-order valence-corrected chi connectivity index (χ2v) is 8.39. The molecule has 3 heterocycles. The molecule has 1 aliphatic heterocycles. The van der Waals surface area contributed by atoms with Gasteiger partial charge in [0.05, 0.1) is 17.0 Å². The van der Waals surface area contributed by atoms with Gasteiger partial charge in [0.1, 0.15) is 5.82 Å². The zero-order valence-electron chi connectivity index (χ0n) is 18.7. The number of rotatable bonds is 4. The Morgan fingerprint density at radius 2 is 1.64 bits per heavy atom. The van der Waals surface area contributed by atoms with Crippen molar-refractivity contribution in [2.45, 2.75) is 20.4 Å². The van der Waals surface area contributed by atoms with E-state index in [2.05, 4.69) is 32.3 Å². The van der Waals surface area contributed by atoms with Crippen LogP contribution in [0.25, 0.3) is 16.8 Å². The molecule has 7 nitrogen and oxygen atoms in total. The van der Waals surface area contributed by atoms with Crippen LogP contribution in [0.4, 0.5) is 4.39 Å². The summed E-state index contributed by atoms with van der Waals surface area (Å²) in [6.07, 6.45) is 0. The highest BCUT2D eigenvalue weighted by molar-refractivity contribution is 5.93. The molecule has 0 atom stereocenters. The molecule has 0 N–H and O–H groups in total. The van der Waals surface area contributed by atoms with Crippen molar-refractivity contribution < 1.29 is 9.18 Å². The topological polar surface area (TPSA) is 66.6 Å². The van der Waals surface area contributed by atoms with E-state index >= 15 is 0 Å². The van der Waals surface area contributed by atoms with E-state index in [4.69, 9.17) is 0 Å². The van der Waals surface area contributed by atoms with Crippen molar-refractivity contribution in [3.63, 3.8) is 0 Å². The van der Waals surface area contributed by atoms with Crippen molar-refractivity contribution in [1.82, 2.24) is 29.6 Å². The van der Waals surface area contributed by atoms with Gasteiger partial charge in [-0.1, -0.05) is 42.5 Å². The van der Waals surface area contributed by atoms with Gasteiger partial charge >= 0.3 is 0 Å². The number of hydrogen-bond donors (Lipinski definition) is 0. The van der Waals surface area contributed by atoms with Crippen LogP contribution in [-0.4, -0.2) is 61.7 Å². The summed E-state index contributed by atoms with van der Waals surface area (Å²) in [5.74, 6) is -0.426. The summed E-state index contributed by atoms with van der Waals surface area (Å²) in [4.78, 5) is 17.4. The largest absolute Gasteiger partial charge is 0.335 e. The van der Waals surface area contributed by atoms with Crippen LogP contribution in [0.3, 0.4) is 0 Å². The number of aromatic nitrogens is 4. The van der Waals surface area contributed by atoms with Gasteiger partial charge in [0.15, 0.2) is 11.3 Å². The lowest BCUT2D eigenvalue weighted by Gasteiger charge is -2.34. The van der Waals surface area contributed by atoms with Crippen LogP contribution >= 0.6 is 0 Å². The van der Waals surface area contributed by atoms with Crippen LogP contribution in [0.5, 0.6) is 0 Å². The number of carbonyl (C=O) groups excluding carboxylic acids is 1. The van der Waals surface area contributed by atoms with Gasteiger partial charge in [-0.05, 0) is 37.1 Å². The van der Waals surface area contributed by atoms with E-state index in [1.807, 2.05) is 36.9 Å². The number of aryl methyl sites for hydroxylation is 2. The number of nitrogens with zero attached hydrogens (tertiary/aromatic N) is 6. The summed E-state index contributed by atoms with van der Waals surface area (Å²) in [5, 5.41) is 13.2. The number of amides is 1. The molecule has 1 aliphatic rings. The molecular weight excluding hydrogens is 419 g/mol. The van der Waals surface area contributed by atoms with Crippen molar-refractivity contribution in [3.05, 3.63) is 83.1 Å². The fraction of sp³-hybridized carbons (Fsp3) is 0.280. The van der Waals surface area contributed by atoms with E-state index in [1.54, 1.807) is 16.6 Å². The first-order valence-corrected chi connectivity index (χ1v) is 11.1. The number of carbonyl (C=O) groups is 1. The summed E-state index contributed by atoms with van der Waals surface area (Å²) in [7, 11) is 0. The molecule has 0 radical (unpaired) electrons. The first kappa shape index (κ1) is 21.2. The Kier molecular flexibility index (Phi) is 5.60. The fourth-order valence-corrected chi connectivity index (χ4v) is 4.36. The summed E-state index contributed by atoms with van der Waals surface area (Å²) >= 11 is 0. The molecule has 1 amide bonds. The molecule has 4 aromatic rings. The fourth-order valence-electron chi connectivity index (χ4n) is 4.36. The maximum atomic E-state index is 13.4. The molecule has 2 aromatic heterocycles. The highest BCUT2D eigenvalue weighted by atomic mass is 19.1. The first-order chi connectivity index (χ1) is 16.0. The van der Waals surface area contributed by atoms with Crippen molar-refractivity contribution in [1.29, 1.82) is 0 Å². The molecule has 0 spiro atoms. The van der Waals surface area contributed by atoms with Crippen molar-refractivity contribution in [2.75, 3.05) is 26.2 Å². The third kappa shape index (κ3) is 4.09. The van der Waals surface area contributed by atoms with E-state index in [1.165, 1.54) is 17.7 Å². The summed E-state index contributed by atoms with van der Waals surface area (Å²) in [6, 6.07) is 16.6. The quantitative estimate of drug-likeness (QED) is 0.482. The Morgan fingerprint density at radius 1 is 0.939 bits per heavy atom. The van der Waals surface area contributed by atoms with Gasteiger partial charge in [-0.25, -0.2) is 8.91 Å². The molecule has 5 rings (SSSR count). The van der Waals surface area contributed by atoms with Gasteiger partial charge in [0, 0.05) is 32.7 Å². The molecule has 168 valence electrons. The number of fused-ring (bicyclic) bond motifs is 1. The minimum atomic E-state index is -0.299. The smallest absolute Gasteiger partial charge is 0.276 e. The Balaban J connectivity index is 1.35. The van der Waals surface area contributed by atoms with Gasteiger partial charge in [-0.3, -0.25) is 9.69 Å². The third-order valence-electron chi connectivity index (χ3n) is 6.19. The zero-order chi connectivity index (χ0) is 22.9. The van der Waals surface area contributed by atoms with E-state index in [-0.39, 0.29) is 11.7 Å². The van der Waals surface area contributed by atoms with Gasteiger partial charge in [0.2, 0.25) is 0 Å². The van der Waals surface area contributed by atoms with Gasteiger partial charge in [0.25, 0.3) is 5.91 Å². The summed E-state index contributed by atoms with van der Waals surface area (Å²) < 4.78 is 15.0. The lowest BCUT2D eigenvalue weighted by atomic mass is 10.1. The molecule has 2 aromatic carbocycles. The monoisotopic (exact) mass is 444 g/mol. The second kappa shape index (κ2) is 8.71. The highest BCUT2D eigenvalue weighted by Gasteiger charge is 2.27. The highest BCUT2D eigenvalue weighted by Crippen LogP contribution is 2.28. The van der Waals surface area contributed by atoms with Crippen molar-refractivity contribution >= 4 is 11.6 Å². The number of halogens is 1. The Bertz CT molecular complexity index is 1290. The molecule has 8 heteroatoms. The maximum Gasteiger partial charge on any atom is 0.276 e. The number of hydrogen-bond acceptors (Lipinski definition) is 5. The van der Waals surface area contributed by atoms with Gasteiger partial charge in [-0.15, -0.1) is 10.2 Å². The van der Waals surface area contributed by atoms with E-state index in [0.29, 0.717) is 30.1 Å². The van der Waals surface area contributed by atoms with Crippen LogP contribution in [-0.2, 0) is 6.54 Å². The average Bonchev–Trinajstić information content (AvgIpc) is 3.17. The van der Waals surface area contributed by atoms with Gasteiger partial charge < -0.3 is 4.90 Å². The average molecular weight is 445 g/mol. The van der Waals surface area contributed by atoms with E-state index < -0.39 is 0 Å². The Hall–Kier alpha value is -3.65. The minimum Gasteiger partial charge on any atom is -0.335 e. The minimum absolute atomic E-state index is 0.127. The van der Waals surface area contributed by atoms with Crippen LogP contribution in [0.15, 0.2) is 54.6 Å². The molecular formula is C25H25FN6O. The van der Waals surface area contributed by atoms with Crippen LogP contribution in [0.1, 0.15) is 27.4 Å². The van der Waals surface area contributed by atoms with Crippen molar-refractivity contribution in [3.8, 4) is 11.1 Å². The van der Waals surface area contributed by atoms with Crippen LogP contribution in [0.2, 0.25) is 0 Å². The third-order valence-corrected chi connectivity index (χ3v) is 6.19. The first-order valence-electron chi connectivity index (χ1n) is 11.1. The van der Waals surface area contributed by atoms with Crippen LogP contribution in [0, 0.1) is 19.7 Å². The summed E-state index contributed by atoms with van der Waals surface area (Å²) in [6.45, 7) is 7.50. The lowest BCUT2D eigenvalue weighted by Crippen LogP contribution is -2.48.